The van der Waals surface area contributed by atoms with Crippen molar-refractivity contribution in [3.63, 3.8) is 0 Å². The summed E-state index contributed by atoms with van der Waals surface area (Å²) in [6, 6.07) is 8.23. The van der Waals surface area contributed by atoms with Gasteiger partial charge in [0.15, 0.2) is 0 Å². The maximum absolute atomic E-state index is 13.2. The number of carbonyl (C=O) groups excluding carboxylic acids is 1. The second-order valence-electron chi connectivity index (χ2n) is 5.82. The van der Waals surface area contributed by atoms with Crippen molar-refractivity contribution in [2.24, 2.45) is 0 Å². The number of rotatable bonds is 5. The van der Waals surface area contributed by atoms with Gasteiger partial charge < -0.3 is 19.8 Å². The molecule has 10 heteroatoms. The van der Waals surface area contributed by atoms with Crippen LogP contribution in [0, 0.1) is 0 Å². The van der Waals surface area contributed by atoms with Crippen molar-refractivity contribution < 1.29 is 22.7 Å². The number of H-pyrrole nitrogens is 1. The van der Waals surface area contributed by atoms with Crippen LogP contribution in [0.1, 0.15) is 22.1 Å². The Morgan fingerprint density at radius 2 is 2.00 bits per heavy atom. The van der Waals surface area contributed by atoms with E-state index in [1.807, 2.05) is 18.2 Å². The number of esters is 1. The van der Waals surface area contributed by atoms with E-state index in [1.165, 1.54) is 23.7 Å². The van der Waals surface area contributed by atoms with E-state index in [0.29, 0.717) is 25.4 Å². The number of nitrogens with one attached hydrogen (secondary N) is 2. The lowest BCUT2D eigenvalue weighted by Crippen LogP contribution is -2.48. The SMILES string of the molecule is COC(=O)c1cc(S(=O)(=O)N2CCNCC2c2ccccc2OC)c[nH]1.Cl. The first-order valence-electron chi connectivity index (χ1n) is 8.11. The Labute approximate surface area is 164 Å². The largest absolute Gasteiger partial charge is 0.496 e. The second-order valence-corrected chi connectivity index (χ2v) is 7.71. The molecule has 0 radical (unpaired) electrons. The van der Waals surface area contributed by atoms with Gasteiger partial charge >= 0.3 is 5.97 Å². The Morgan fingerprint density at radius 1 is 1.26 bits per heavy atom. The molecule has 1 aromatic heterocycles. The fourth-order valence-corrected chi connectivity index (χ4v) is 4.67. The smallest absolute Gasteiger partial charge is 0.354 e. The van der Waals surface area contributed by atoms with Gasteiger partial charge in [-0.3, -0.25) is 0 Å². The summed E-state index contributed by atoms with van der Waals surface area (Å²) in [6.07, 6.45) is 1.31. The molecule has 8 nitrogen and oxygen atoms in total. The van der Waals surface area contributed by atoms with Gasteiger partial charge in [-0.2, -0.15) is 4.31 Å². The number of halogens is 1. The van der Waals surface area contributed by atoms with E-state index in [1.54, 1.807) is 13.2 Å². The monoisotopic (exact) mass is 415 g/mol. The Bertz CT molecular complexity index is 899. The minimum absolute atomic E-state index is 0. The molecular weight excluding hydrogens is 394 g/mol. The van der Waals surface area contributed by atoms with Crippen LogP contribution in [0.5, 0.6) is 5.75 Å². The predicted molar refractivity (Wildman–Crippen MR) is 102 cm³/mol. The minimum Gasteiger partial charge on any atom is -0.496 e. The maximum Gasteiger partial charge on any atom is 0.354 e. The van der Waals surface area contributed by atoms with Gasteiger partial charge in [-0.25, -0.2) is 13.2 Å². The molecule has 1 atom stereocenters. The first-order chi connectivity index (χ1) is 12.5. The fourth-order valence-electron chi connectivity index (χ4n) is 3.07. The molecule has 1 aromatic carbocycles. The van der Waals surface area contributed by atoms with E-state index < -0.39 is 22.0 Å². The number of hydrogen-bond acceptors (Lipinski definition) is 6. The van der Waals surface area contributed by atoms with Crippen molar-refractivity contribution in [1.82, 2.24) is 14.6 Å². The van der Waals surface area contributed by atoms with Gasteiger partial charge in [-0.05, 0) is 12.1 Å². The summed E-state index contributed by atoms with van der Waals surface area (Å²) >= 11 is 0. The van der Waals surface area contributed by atoms with Crippen LogP contribution < -0.4 is 10.1 Å². The van der Waals surface area contributed by atoms with Crippen molar-refractivity contribution in [2.45, 2.75) is 10.9 Å². The molecule has 1 aliphatic heterocycles. The molecule has 1 aliphatic rings. The summed E-state index contributed by atoms with van der Waals surface area (Å²) in [5.41, 5.74) is 0.879. The number of ether oxygens (including phenoxy) is 2. The number of methoxy groups -OCH3 is 2. The Hall–Kier alpha value is -2.07. The summed E-state index contributed by atoms with van der Waals surface area (Å²) < 4.78 is 37.8. The molecule has 1 saturated heterocycles. The molecule has 1 unspecified atom stereocenters. The van der Waals surface area contributed by atoms with Crippen molar-refractivity contribution in [3.8, 4) is 5.75 Å². The van der Waals surface area contributed by atoms with Crippen LogP contribution in [0.4, 0.5) is 0 Å². The molecule has 2 heterocycles. The van der Waals surface area contributed by atoms with Crippen LogP contribution in [0.2, 0.25) is 0 Å². The van der Waals surface area contributed by atoms with Gasteiger partial charge in [0.05, 0.1) is 20.3 Å². The van der Waals surface area contributed by atoms with Crippen LogP contribution in [0.25, 0.3) is 0 Å². The number of hydrogen-bond donors (Lipinski definition) is 2. The van der Waals surface area contributed by atoms with Crippen molar-refractivity contribution in [1.29, 1.82) is 0 Å². The highest BCUT2D eigenvalue weighted by Gasteiger charge is 2.36. The zero-order valence-corrected chi connectivity index (χ0v) is 16.6. The Kier molecular flexibility index (Phi) is 6.88. The molecule has 3 rings (SSSR count). The first kappa shape index (κ1) is 21.2. The number of aromatic nitrogens is 1. The lowest BCUT2D eigenvalue weighted by Gasteiger charge is -2.35. The minimum atomic E-state index is -3.81. The summed E-state index contributed by atoms with van der Waals surface area (Å²) in [5.74, 6) is 0.0127. The van der Waals surface area contributed by atoms with Crippen LogP contribution in [0.3, 0.4) is 0 Å². The van der Waals surface area contributed by atoms with Crippen LogP contribution in [-0.2, 0) is 14.8 Å². The lowest BCUT2D eigenvalue weighted by molar-refractivity contribution is 0.0594. The van der Waals surface area contributed by atoms with Crippen LogP contribution in [0.15, 0.2) is 41.4 Å². The maximum atomic E-state index is 13.2. The number of sulfonamides is 1. The molecule has 0 bridgehead atoms. The quantitative estimate of drug-likeness (QED) is 0.719. The average molecular weight is 416 g/mol. The van der Waals surface area contributed by atoms with E-state index in [0.717, 1.165) is 5.56 Å². The number of piperazine rings is 1. The second kappa shape index (κ2) is 8.75. The van der Waals surface area contributed by atoms with Crippen molar-refractivity contribution >= 4 is 28.4 Å². The normalized spacial score (nSPS) is 17.8. The third-order valence-corrected chi connectivity index (χ3v) is 6.25. The molecule has 0 spiro atoms. The molecule has 0 amide bonds. The highest BCUT2D eigenvalue weighted by Crippen LogP contribution is 2.34. The highest BCUT2D eigenvalue weighted by atomic mass is 35.5. The molecule has 0 saturated carbocycles. The summed E-state index contributed by atoms with van der Waals surface area (Å²) in [5, 5.41) is 3.23. The number of nitrogens with zero attached hydrogens (tertiary/aromatic N) is 1. The van der Waals surface area contributed by atoms with Gasteiger partial charge in [-0.15, -0.1) is 12.4 Å². The van der Waals surface area contributed by atoms with Crippen LogP contribution in [-0.4, -0.2) is 57.5 Å². The zero-order chi connectivity index (χ0) is 18.7. The Balaban J connectivity index is 0.00000261. The fraction of sp³-hybridized carbons (Fsp3) is 0.353. The highest BCUT2D eigenvalue weighted by molar-refractivity contribution is 7.89. The number of para-hydroxylation sites is 1. The van der Waals surface area contributed by atoms with Crippen molar-refractivity contribution in [2.75, 3.05) is 33.9 Å². The van der Waals surface area contributed by atoms with Gasteiger partial charge in [0.1, 0.15) is 16.3 Å². The number of aromatic amines is 1. The standard InChI is InChI=1S/C17H21N3O5S.ClH/c1-24-16-6-4-3-5-13(16)15-11-18-7-8-20(15)26(22,23)12-9-14(19-10-12)17(21)25-2;/h3-6,9-10,15,18-19H,7-8,11H2,1-2H3;1H. The number of carbonyl (C=O) groups is 1. The topological polar surface area (TPSA) is 101 Å². The molecule has 2 aromatic rings. The Morgan fingerprint density at radius 3 is 2.70 bits per heavy atom. The van der Waals surface area contributed by atoms with E-state index in [4.69, 9.17) is 4.74 Å². The van der Waals surface area contributed by atoms with E-state index >= 15 is 0 Å². The van der Waals surface area contributed by atoms with E-state index in [9.17, 15) is 13.2 Å². The van der Waals surface area contributed by atoms with Gasteiger partial charge in [0.25, 0.3) is 0 Å². The summed E-state index contributed by atoms with van der Waals surface area (Å²) in [7, 11) is -1.01. The lowest BCUT2D eigenvalue weighted by atomic mass is 10.0. The molecule has 0 aliphatic carbocycles. The molecular formula is C17H22ClN3O5S. The third-order valence-electron chi connectivity index (χ3n) is 4.36. The summed E-state index contributed by atoms with van der Waals surface area (Å²) in [4.78, 5) is 14.3. The molecule has 2 N–H and O–H groups in total. The molecule has 1 fully saturated rings. The van der Waals surface area contributed by atoms with Gasteiger partial charge in [-0.1, -0.05) is 18.2 Å². The first-order valence-corrected chi connectivity index (χ1v) is 9.55. The van der Waals surface area contributed by atoms with E-state index in [-0.39, 0.29) is 23.0 Å². The molecule has 27 heavy (non-hydrogen) atoms. The number of benzene rings is 1. The average Bonchev–Trinajstić information content (AvgIpc) is 3.18. The predicted octanol–water partition coefficient (Wildman–Crippen LogP) is 1.57. The van der Waals surface area contributed by atoms with Crippen LogP contribution >= 0.6 is 12.4 Å². The van der Waals surface area contributed by atoms with Gasteiger partial charge in [0.2, 0.25) is 10.0 Å². The van der Waals surface area contributed by atoms with E-state index in [2.05, 4.69) is 15.0 Å². The van der Waals surface area contributed by atoms with Crippen molar-refractivity contribution in [3.05, 3.63) is 47.8 Å². The zero-order valence-electron chi connectivity index (χ0n) is 15.0. The summed E-state index contributed by atoms with van der Waals surface area (Å²) in [6.45, 7) is 1.32. The third kappa shape index (κ3) is 4.11. The molecule has 148 valence electrons. The van der Waals surface area contributed by atoms with Gasteiger partial charge in [0, 0.05) is 31.4 Å².